The second kappa shape index (κ2) is 8.13. The molecule has 2 aromatic rings. The van der Waals surface area contributed by atoms with Gasteiger partial charge in [-0.2, -0.15) is 0 Å². The predicted molar refractivity (Wildman–Crippen MR) is 100 cm³/mol. The lowest BCUT2D eigenvalue weighted by Gasteiger charge is -2.25. The first-order valence-electron chi connectivity index (χ1n) is 8.91. The van der Waals surface area contributed by atoms with Crippen LogP contribution in [0, 0.1) is 0 Å². The summed E-state index contributed by atoms with van der Waals surface area (Å²) in [6, 6.07) is 13.3. The van der Waals surface area contributed by atoms with Gasteiger partial charge < -0.3 is 19.1 Å². The lowest BCUT2D eigenvalue weighted by Crippen LogP contribution is -2.33. The summed E-state index contributed by atoms with van der Waals surface area (Å²) in [5.41, 5.74) is 1.53. The first-order valence-corrected chi connectivity index (χ1v) is 8.91. The van der Waals surface area contributed by atoms with Crippen LogP contribution in [0.5, 0.6) is 17.2 Å². The Morgan fingerprint density at radius 1 is 1.08 bits per heavy atom. The molecule has 0 spiro atoms. The molecule has 0 atom stereocenters. The molecule has 5 nitrogen and oxygen atoms in total. The highest BCUT2D eigenvalue weighted by molar-refractivity contribution is 5.97. The van der Waals surface area contributed by atoms with E-state index in [0.717, 1.165) is 29.9 Å². The van der Waals surface area contributed by atoms with Crippen LogP contribution in [-0.2, 0) is 6.54 Å². The van der Waals surface area contributed by atoms with Crippen molar-refractivity contribution in [2.75, 3.05) is 20.8 Å². The van der Waals surface area contributed by atoms with Crippen molar-refractivity contribution in [3.05, 3.63) is 53.6 Å². The lowest BCUT2D eigenvalue weighted by atomic mass is 10.1. The fraction of sp³-hybridized carbons (Fsp3) is 0.381. The number of rotatable bonds is 8. The Morgan fingerprint density at radius 3 is 2.50 bits per heavy atom. The van der Waals surface area contributed by atoms with Gasteiger partial charge in [-0.1, -0.05) is 12.1 Å². The highest BCUT2D eigenvalue weighted by atomic mass is 16.5. The number of hydrogen-bond donors (Lipinski definition) is 0. The molecule has 1 amide bonds. The van der Waals surface area contributed by atoms with E-state index in [1.807, 2.05) is 54.3 Å². The van der Waals surface area contributed by atoms with Crippen LogP contribution in [0.15, 0.2) is 42.5 Å². The zero-order chi connectivity index (χ0) is 18.5. The van der Waals surface area contributed by atoms with Crippen molar-refractivity contribution in [1.82, 2.24) is 4.90 Å². The Bertz CT molecular complexity index is 770. The molecule has 1 aliphatic rings. The maximum atomic E-state index is 13.3. The second-order valence-corrected chi connectivity index (χ2v) is 6.27. The minimum absolute atomic E-state index is 0.0126. The van der Waals surface area contributed by atoms with E-state index in [-0.39, 0.29) is 11.9 Å². The fourth-order valence-electron chi connectivity index (χ4n) is 3.02. The van der Waals surface area contributed by atoms with Gasteiger partial charge in [0.15, 0.2) is 0 Å². The highest BCUT2D eigenvalue weighted by Crippen LogP contribution is 2.34. The predicted octanol–water partition coefficient (Wildman–Crippen LogP) is 3.91. The third kappa shape index (κ3) is 3.93. The van der Waals surface area contributed by atoms with Gasteiger partial charge in [0.1, 0.15) is 17.2 Å². The lowest BCUT2D eigenvalue weighted by molar-refractivity contribution is 0.0724. The van der Waals surface area contributed by atoms with E-state index in [2.05, 4.69) is 0 Å². The Morgan fingerprint density at radius 2 is 1.85 bits per heavy atom. The number of hydrogen-bond acceptors (Lipinski definition) is 4. The normalized spacial score (nSPS) is 13.2. The summed E-state index contributed by atoms with van der Waals surface area (Å²) in [7, 11) is 3.27. The van der Waals surface area contributed by atoms with Gasteiger partial charge in [-0.25, -0.2) is 0 Å². The summed E-state index contributed by atoms with van der Waals surface area (Å²) < 4.78 is 16.5. The molecule has 138 valence electrons. The Kier molecular flexibility index (Phi) is 5.66. The van der Waals surface area contributed by atoms with E-state index in [4.69, 9.17) is 14.2 Å². The third-order valence-electron chi connectivity index (χ3n) is 4.49. The van der Waals surface area contributed by atoms with Crippen LogP contribution in [-0.4, -0.2) is 37.7 Å². The van der Waals surface area contributed by atoms with Crippen LogP contribution in [0.3, 0.4) is 0 Å². The van der Waals surface area contributed by atoms with Crippen molar-refractivity contribution < 1.29 is 19.0 Å². The molecule has 5 heteroatoms. The summed E-state index contributed by atoms with van der Waals surface area (Å²) in [6.45, 7) is 2.92. The van der Waals surface area contributed by atoms with Gasteiger partial charge in [0.05, 0.1) is 32.9 Å². The van der Waals surface area contributed by atoms with E-state index in [0.29, 0.717) is 24.5 Å². The van der Waals surface area contributed by atoms with Crippen molar-refractivity contribution in [3.8, 4) is 17.2 Å². The molecule has 0 unspecified atom stereocenters. The van der Waals surface area contributed by atoms with Crippen molar-refractivity contribution in [3.63, 3.8) is 0 Å². The van der Waals surface area contributed by atoms with Crippen LogP contribution < -0.4 is 14.2 Å². The van der Waals surface area contributed by atoms with Gasteiger partial charge in [-0.15, -0.1) is 0 Å². The zero-order valence-electron chi connectivity index (χ0n) is 15.5. The van der Waals surface area contributed by atoms with E-state index in [9.17, 15) is 4.79 Å². The standard InChI is InChI=1S/C21H25NO4/c1-4-26-20-8-6-5-7-18(20)21(23)22(16-9-10-16)14-15-13-17(24-2)11-12-19(15)25-3/h5-8,11-13,16H,4,9-10,14H2,1-3H3. The maximum absolute atomic E-state index is 13.3. The summed E-state index contributed by atoms with van der Waals surface area (Å²) in [4.78, 5) is 15.2. The largest absolute Gasteiger partial charge is 0.497 e. The molecular formula is C21H25NO4. The number of benzene rings is 2. The molecular weight excluding hydrogens is 330 g/mol. The van der Waals surface area contributed by atoms with Crippen LogP contribution in [0.2, 0.25) is 0 Å². The fourth-order valence-corrected chi connectivity index (χ4v) is 3.02. The van der Waals surface area contributed by atoms with Gasteiger partial charge in [0, 0.05) is 11.6 Å². The first-order chi connectivity index (χ1) is 12.7. The van der Waals surface area contributed by atoms with Crippen molar-refractivity contribution >= 4 is 5.91 Å². The van der Waals surface area contributed by atoms with Crippen molar-refractivity contribution in [2.45, 2.75) is 32.4 Å². The molecule has 1 aliphatic carbocycles. The molecule has 0 bridgehead atoms. The summed E-state index contributed by atoms with van der Waals surface area (Å²) >= 11 is 0. The Labute approximate surface area is 154 Å². The average Bonchev–Trinajstić information content (AvgIpc) is 3.51. The third-order valence-corrected chi connectivity index (χ3v) is 4.49. The summed E-state index contributed by atoms with van der Waals surface area (Å²) in [5.74, 6) is 2.12. The van der Waals surface area contributed by atoms with Gasteiger partial charge in [0.2, 0.25) is 0 Å². The van der Waals surface area contributed by atoms with Crippen LogP contribution >= 0.6 is 0 Å². The minimum Gasteiger partial charge on any atom is -0.497 e. The van der Waals surface area contributed by atoms with E-state index < -0.39 is 0 Å². The quantitative estimate of drug-likeness (QED) is 0.720. The summed E-state index contributed by atoms with van der Waals surface area (Å²) in [6.07, 6.45) is 2.05. The first kappa shape index (κ1) is 18.1. The molecule has 2 aromatic carbocycles. The van der Waals surface area contributed by atoms with E-state index >= 15 is 0 Å². The maximum Gasteiger partial charge on any atom is 0.258 e. The SMILES string of the molecule is CCOc1ccccc1C(=O)N(Cc1cc(OC)ccc1OC)C1CC1. The molecule has 0 aliphatic heterocycles. The topological polar surface area (TPSA) is 48.0 Å². The summed E-state index contributed by atoms with van der Waals surface area (Å²) in [5, 5.41) is 0. The van der Waals surface area contributed by atoms with Gasteiger partial charge in [-0.3, -0.25) is 4.79 Å². The van der Waals surface area contributed by atoms with Gasteiger partial charge in [0.25, 0.3) is 5.91 Å². The smallest absolute Gasteiger partial charge is 0.258 e. The van der Waals surface area contributed by atoms with Crippen LogP contribution in [0.25, 0.3) is 0 Å². The zero-order valence-corrected chi connectivity index (χ0v) is 15.5. The molecule has 1 fully saturated rings. The molecule has 0 saturated heterocycles. The Balaban J connectivity index is 1.90. The number of nitrogens with zero attached hydrogens (tertiary/aromatic N) is 1. The number of methoxy groups -OCH3 is 2. The molecule has 1 saturated carbocycles. The molecule has 0 N–H and O–H groups in total. The number of amides is 1. The monoisotopic (exact) mass is 355 g/mol. The van der Waals surface area contributed by atoms with Crippen LogP contribution in [0.4, 0.5) is 0 Å². The number of carbonyl (C=O) groups excluding carboxylic acids is 1. The van der Waals surface area contributed by atoms with Gasteiger partial charge in [-0.05, 0) is 50.1 Å². The highest BCUT2D eigenvalue weighted by Gasteiger charge is 2.34. The Hall–Kier alpha value is -2.69. The second-order valence-electron chi connectivity index (χ2n) is 6.27. The molecule has 26 heavy (non-hydrogen) atoms. The number of ether oxygens (including phenoxy) is 3. The molecule has 0 radical (unpaired) electrons. The number of para-hydroxylation sites is 1. The van der Waals surface area contributed by atoms with E-state index in [1.165, 1.54) is 0 Å². The van der Waals surface area contributed by atoms with Crippen molar-refractivity contribution in [1.29, 1.82) is 0 Å². The van der Waals surface area contributed by atoms with Gasteiger partial charge >= 0.3 is 0 Å². The molecule has 0 aromatic heterocycles. The average molecular weight is 355 g/mol. The van der Waals surface area contributed by atoms with Crippen molar-refractivity contribution in [2.24, 2.45) is 0 Å². The number of carbonyl (C=O) groups is 1. The van der Waals surface area contributed by atoms with E-state index in [1.54, 1.807) is 14.2 Å². The molecule has 0 heterocycles. The minimum atomic E-state index is -0.0126. The molecule has 3 rings (SSSR count). The van der Waals surface area contributed by atoms with Crippen LogP contribution in [0.1, 0.15) is 35.7 Å².